The number of aliphatic hydroxyl groups excluding tert-OH is 1. The molecule has 1 unspecified atom stereocenters. The molecule has 1 aromatic heterocycles. The average Bonchev–Trinajstić information content (AvgIpc) is 2.22. The highest BCUT2D eigenvalue weighted by atomic mass is 79.9. The number of nitrogens with zero attached hydrogens (tertiary/aromatic N) is 1. The van der Waals surface area contributed by atoms with Crippen LogP contribution >= 0.6 is 27.5 Å². The molecule has 17 heavy (non-hydrogen) atoms. The number of hydrogen-bond donors (Lipinski definition) is 2. The first-order valence-electron chi connectivity index (χ1n) is 5.23. The zero-order valence-electron chi connectivity index (χ0n) is 9.41. The Hall–Kier alpha value is -0.650. The summed E-state index contributed by atoms with van der Waals surface area (Å²) in [6.45, 7) is 1.89. The Morgan fingerprint density at radius 1 is 1.71 bits per heavy atom. The molecule has 0 bridgehead atoms. The molecule has 0 aliphatic carbocycles. The second kappa shape index (κ2) is 6.93. The fourth-order valence-corrected chi connectivity index (χ4v) is 2.01. The minimum atomic E-state index is -0.150. The molecule has 0 spiro atoms. The number of aliphatic hydroxyl groups is 1. The Morgan fingerprint density at radius 3 is 3.00 bits per heavy atom. The highest BCUT2D eigenvalue weighted by Crippen LogP contribution is 2.19. The van der Waals surface area contributed by atoms with Crippen LogP contribution in [-0.4, -0.2) is 28.6 Å². The van der Waals surface area contributed by atoms with E-state index < -0.39 is 0 Å². The zero-order valence-corrected chi connectivity index (χ0v) is 11.8. The summed E-state index contributed by atoms with van der Waals surface area (Å²) in [6.07, 6.45) is 2.28. The van der Waals surface area contributed by atoms with E-state index in [1.54, 1.807) is 12.3 Å². The monoisotopic (exact) mass is 320 g/mol. The Morgan fingerprint density at radius 2 is 2.41 bits per heavy atom. The normalized spacial score (nSPS) is 12.2. The molecule has 1 heterocycles. The first kappa shape index (κ1) is 14.4. The summed E-state index contributed by atoms with van der Waals surface area (Å²) in [5.41, 5.74) is 0.545. The van der Waals surface area contributed by atoms with Crippen molar-refractivity contribution in [1.29, 1.82) is 0 Å². The van der Waals surface area contributed by atoms with Crippen LogP contribution in [-0.2, 0) is 11.2 Å². The van der Waals surface area contributed by atoms with Crippen LogP contribution in [0.1, 0.15) is 19.0 Å². The molecular formula is C11H14BrClN2O2. The number of carbonyl (C=O) groups excluding carboxylic acids is 1. The zero-order chi connectivity index (χ0) is 12.8. The van der Waals surface area contributed by atoms with Crippen LogP contribution in [0.3, 0.4) is 0 Å². The Labute approximate surface area is 114 Å². The quantitative estimate of drug-likeness (QED) is 0.871. The third kappa shape index (κ3) is 5.02. The van der Waals surface area contributed by atoms with Crippen molar-refractivity contribution in [1.82, 2.24) is 10.3 Å². The SMILES string of the molecule is CC(CCO)NC(=O)Cc1ncc(Br)cc1Cl. The van der Waals surface area contributed by atoms with E-state index in [-0.39, 0.29) is 25.0 Å². The Balaban J connectivity index is 2.56. The molecular weight excluding hydrogens is 307 g/mol. The molecule has 0 saturated carbocycles. The standard InChI is InChI=1S/C11H14BrClN2O2/c1-7(2-3-16)15-11(17)5-10-9(13)4-8(12)6-14-10/h4,6-7,16H,2-3,5H2,1H3,(H,15,17). The Kier molecular flexibility index (Phi) is 5.88. The van der Waals surface area contributed by atoms with E-state index >= 15 is 0 Å². The van der Waals surface area contributed by atoms with Gasteiger partial charge < -0.3 is 10.4 Å². The van der Waals surface area contributed by atoms with Gasteiger partial charge in [-0.15, -0.1) is 0 Å². The lowest BCUT2D eigenvalue weighted by molar-refractivity contribution is -0.121. The lowest BCUT2D eigenvalue weighted by atomic mass is 10.2. The van der Waals surface area contributed by atoms with Gasteiger partial charge in [0.15, 0.2) is 0 Å². The lowest BCUT2D eigenvalue weighted by Crippen LogP contribution is -2.34. The van der Waals surface area contributed by atoms with Gasteiger partial charge in [-0.1, -0.05) is 11.6 Å². The third-order valence-electron chi connectivity index (χ3n) is 2.18. The van der Waals surface area contributed by atoms with Gasteiger partial charge >= 0.3 is 0 Å². The van der Waals surface area contributed by atoms with Crippen molar-refractivity contribution >= 4 is 33.4 Å². The maximum atomic E-state index is 11.6. The molecule has 0 aromatic carbocycles. The van der Waals surface area contributed by atoms with E-state index in [0.29, 0.717) is 17.1 Å². The van der Waals surface area contributed by atoms with Crippen LogP contribution in [0, 0.1) is 0 Å². The van der Waals surface area contributed by atoms with Crippen molar-refractivity contribution in [2.24, 2.45) is 0 Å². The average molecular weight is 322 g/mol. The van der Waals surface area contributed by atoms with Crippen molar-refractivity contribution in [3.8, 4) is 0 Å². The van der Waals surface area contributed by atoms with Gasteiger partial charge in [0.2, 0.25) is 5.91 Å². The molecule has 4 nitrogen and oxygen atoms in total. The number of halogens is 2. The van der Waals surface area contributed by atoms with Crippen molar-refractivity contribution in [3.05, 3.63) is 27.5 Å². The molecule has 0 aliphatic heterocycles. The summed E-state index contributed by atoms with van der Waals surface area (Å²) in [6, 6.07) is 1.65. The predicted molar refractivity (Wildman–Crippen MR) is 70.0 cm³/mol. The molecule has 2 N–H and O–H groups in total. The van der Waals surface area contributed by atoms with Crippen LogP contribution in [0.15, 0.2) is 16.7 Å². The van der Waals surface area contributed by atoms with E-state index in [2.05, 4.69) is 26.2 Å². The third-order valence-corrected chi connectivity index (χ3v) is 2.94. The summed E-state index contributed by atoms with van der Waals surface area (Å²) in [4.78, 5) is 15.7. The van der Waals surface area contributed by atoms with Gasteiger partial charge in [0.1, 0.15) is 0 Å². The molecule has 0 fully saturated rings. The lowest BCUT2D eigenvalue weighted by Gasteiger charge is -2.12. The number of amides is 1. The van der Waals surface area contributed by atoms with Gasteiger partial charge in [-0.3, -0.25) is 9.78 Å². The van der Waals surface area contributed by atoms with Crippen molar-refractivity contribution in [2.75, 3.05) is 6.61 Å². The first-order chi connectivity index (χ1) is 8.02. The van der Waals surface area contributed by atoms with E-state index in [0.717, 1.165) is 4.47 Å². The molecule has 1 atom stereocenters. The molecule has 1 rings (SSSR count). The smallest absolute Gasteiger partial charge is 0.226 e. The highest BCUT2D eigenvalue weighted by molar-refractivity contribution is 9.10. The fraction of sp³-hybridized carbons (Fsp3) is 0.455. The summed E-state index contributed by atoms with van der Waals surface area (Å²) < 4.78 is 0.778. The largest absolute Gasteiger partial charge is 0.396 e. The number of aromatic nitrogens is 1. The molecule has 6 heteroatoms. The van der Waals surface area contributed by atoms with Gasteiger partial charge in [-0.2, -0.15) is 0 Å². The van der Waals surface area contributed by atoms with Gasteiger partial charge in [-0.25, -0.2) is 0 Å². The number of carbonyl (C=O) groups is 1. The fourth-order valence-electron chi connectivity index (χ4n) is 1.32. The summed E-state index contributed by atoms with van der Waals surface area (Å²) >= 11 is 9.21. The Bertz CT molecular complexity index is 401. The summed E-state index contributed by atoms with van der Waals surface area (Å²) in [5, 5.41) is 11.9. The van der Waals surface area contributed by atoms with Gasteiger partial charge in [0.05, 0.1) is 17.1 Å². The first-order valence-corrected chi connectivity index (χ1v) is 6.40. The minimum absolute atomic E-state index is 0.0540. The molecule has 0 saturated heterocycles. The molecule has 0 radical (unpaired) electrons. The van der Waals surface area contributed by atoms with Gasteiger partial charge in [-0.05, 0) is 35.3 Å². The van der Waals surface area contributed by atoms with E-state index in [9.17, 15) is 4.79 Å². The molecule has 94 valence electrons. The minimum Gasteiger partial charge on any atom is -0.396 e. The van der Waals surface area contributed by atoms with Gasteiger partial charge in [0, 0.05) is 23.3 Å². The molecule has 1 amide bonds. The van der Waals surface area contributed by atoms with Crippen molar-refractivity contribution in [2.45, 2.75) is 25.8 Å². The van der Waals surface area contributed by atoms with Crippen molar-refractivity contribution in [3.63, 3.8) is 0 Å². The second-order valence-electron chi connectivity index (χ2n) is 3.74. The summed E-state index contributed by atoms with van der Waals surface area (Å²) in [5.74, 6) is -0.150. The van der Waals surface area contributed by atoms with Gasteiger partial charge in [0.25, 0.3) is 0 Å². The number of pyridine rings is 1. The van der Waals surface area contributed by atoms with E-state index in [4.69, 9.17) is 16.7 Å². The maximum Gasteiger partial charge on any atom is 0.226 e. The van der Waals surface area contributed by atoms with Crippen LogP contribution < -0.4 is 5.32 Å². The topological polar surface area (TPSA) is 62.2 Å². The van der Waals surface area contributed by atoms with E-state index in [1.807, 2.05) is 6.92 Å². The van der Waals surface area contributed by atoms with Crippen LogP contribution in [0.5, 0.6) is 0 Å². The van der Waals surface area contributed by atoms with Crippen LogP contribution in [0.2, 0.25) is 5.02 Å². The predicted octanol–water partition coefficient (Wildman–Crippen LogP) is 1.93. The molecule has 1 aromatic rings. The van der Waals surface area contributed by atoms with Crippen molar-refractivity contribution < 1.29 is 9.90 Å². The molecule has 0 aliphatic rings. The maximum absolute atomic E-state index is 11.6. The van der Waals surface area contributed by atoms with Crippen LogP contribution in [0.4, 0.5) is 0 Å². The summed E-state index contributed by atoms with van der Waals surface area (Å²) in [7, 11) is 0. The number of rotatable bonds is 5. The number of hydrogen-bond acceptors (Lipinski definition) is 3. The number of nitrogens with one attached hydrogen (secondary N) is 1. The highest BCUT2D eigenvalue weighted by Gasteiger charge is 2.11. The van der Waals surface area contributed by atoms with E-state index in [1.165, 1.54) is 0 Å². The second-order valence-corrected chi connectivity index (χ2v) is 5.06. The van der Waals surface area contributed by atoms with Crippen LogP contribution in [0.25, 0.3) is 0 Å².